The molecule has 2 fully saturated rings. The molecule has 29 heavy (non-hydrogen) atoms. The van der Waals surface area contributed by atoms with Gasteiger partial charge < -0.3 is 0 Å². The van der Waals surface area contributed by atoms with Crippen molar-refractivity contribution >= 4 is 0 Å². The summed E-state index contributed by atoms with van der Waals surface area (Å²) in [5.74, 6) is 6.57. The van der Waals surface area contributed by atoms with Gasteiger partial charge >= 0.3 is 0 Å². The Bertz CT molecular complexity index is 638. The van der Waals surface area contributed by atoms with Crippen LogP contribution in [-0.4, -0.2) is 0 Å². The summed E-state index contributed by atoms with van der Waals surface area (Å²) in [5.41, 5.74) is 2.79. The van der Waals surface area contributed by atoms with Crippen molar-refractivity contribution in [3.63, 3.8) is 0 Å². The fourth-order valence-electron chi connectivity index (χ4n) is 8.96. The molecule has 0 aromatic carbocycles. The SMILES string of the molecule is CC[C@H](CC[C@@H](C)[C@H]1CC[C@H]2[C@@H]3CC=C4C=CCC[C@]4(C)[C@H]3CC[C@]12C)C(C)C. The summed E-state index contributed by atoms with van der Waals surface area (Å²) >= 11 is 0. The van der Waals surface area contributed by atoms with Gasteiger partial charge in [0, 0.05) is 0 Å². The molecule has 0 radical (unpaired) electrons. The molecule has 0 spiro atoms. The lowest BCUT2D eigenvalue weighted by atomic mass is 9.47. The predicted octanol–water partition coefficient (Wildman–Crippen LogP) is 8.83. The third kappa shape index (κ3) is 3.59. The molecule has 4 aliphatic rings. The molecule has 0 aromatic heterocycles. The first-order valence-electron chi connectivity index (χ1n) is 13.2. The second-order valence-corrected chi connectivity index (χ2v) is 12.3. The number of hydrogen-bond donors (Lipinski definition) is 0. The highest BCUT2D eigenvalue weighted by molar-refractivity contribution is 5.34. The molecule has 164 valence electrons. The number of rotatable bonds is 6. The molecule has 0 bridgehead atoms. The van der Waals surface area contributed by atoms with Crippen molar-refractivity contribution in [2.24, 2.45) is 52.3 Å². The zero-order valence-electron chi connectivity index (χ0n) is 20.3. The molecule has 8 atom stereocenters. The van der Waals surface area contributed by atoms with Crippen molar-refractivity contribution < 1.29 is 0 Å². The van der Waals surface area contributed by atoms with Gasteiger partial charge in [0.1, 0.15) is 0 Å². The molecular formula is C29H48. The third-order valence-electron chi connectivity index (χ3n) is 10.9. The highest BCUT2D eigenvalue weighted by Crippen LogP contribution is 2.66. The summed E-state index contributed by atoms with van der Waals surface area (Å²) in [7, 11) is 0. The molecule has 4 rings (SSSR count). The van der Waals surface area contributed by atoms with Gasteiger partial charge in [-0.05, 0) is 109 Å². The Morgan fingerprint density at radius 3 is 2.52 bits per heavy atom. The van der Waals surface area contributed by atoms with E-state index in [1.54, 1.807) is 5.57 Å². The van der Waals surface area contributed by atoms with Crippen LogP contribution < -0.4 is 0 Å². The quantitative estimate of drug-likeness (QED) is 0.420. The average Bonchev–Trinajstić information content (AvgIpc) is 3.05. The maximum atomic E-state index is 2.73. The second-order valence-electron chi connectivity index (χ2n) is 12.3. The van der Waals surface area contributed by atoms with Crippen molar-refractivity contribution in [1.29, 1.82) is 0 Å². The van der Waals surface area contributed by atoms with Gasteiger partial charge in [0.25, 0.3) is 0 Å². The lowest BCUT2D eigenvalue weighted by Gasteiger charge is -2.57. The molecule has 0 nitrogen and oxygen atoms in total. The first kappa shape index (κ1) is 21.7. The monoisotopic (exact) mass is 396 g/mol. The minimum absolute atomic E-state index is 0.480. The maximum absolute atomic E-state index is 2.73. The van der Waals surface area contributed by atoms with Crippen LogP contribution >= 0.6 is 0 Å². The summed E-state index contributed by atoms with van der Waals surface area (Å²) in [4.78, 5) is 0. The largest absolute Gasteiger partial charge is 0.0842 e. The zero-order chi connectivity index (χ0) is 20.8. The summed E-state index contributed by atoms with van der Waals surface area (Å²) in [6.07, 6.45) is 21.9. The van der Waals surface area contributed by atoms with Crippen LogP contribution in [0.5, 0.6) is 0 Å². The summed E-state index contributed by atoms with van der Waals surface area (Å²) < 4.78 is 0. The lowest BCUT2D eigenvalue weighted by Crippen LogP contribution is -2.49. The van der Waals surface area contributed by atoms with E-state index in [1.165, 1.54) is 64.2 Å². The van der Waals surface area contributed by atoms with Crippen LogP contribution in [0.2, 0.25) is 0 Å². The molecule has 0 amide bonds. The van der Waals surface area contributed by atoms with Crippen molar-refractivity contribution in [1.82, 2.24) is 0 Å². The average molecular weight is 397 g/mol. The molecule has 2 saturated carbocycles. The van der Waals surface area contributed by atoms with Crippen molar-refractivity contribution in [2.75, 3.05) is 0 Å². The van der Waals surface area contributed by atoms with Gasteiger partial charge in [-0.2, -0.15) is 0 Å². The fourth-order valence-corrected chi connectivity index (χ4v) is 8.96. The molecule has 0 N–H and O–H groups in total. The Labute approximate surface area is 182 Å². The maximum Gasteiger partial charge on any atom is -0.00445 e. The van der Waals surface area contributed by atoms with E-state index >= 15 is 0 Å². The number of hydrogen-bond acceptors (Lipinski definition) is 0. The summed E-state index contributed by atoms with van der Waals surface area (Å²) in [6, 6.07) is 0. The van der Waals surface area contributed by atoms with Gasteiger partial charge in [0.05, 0.1) is 0 Å². The second kappa shape index (κ2) is 8.20. The normalized spacial score (nSPS) is 43.3. The Kier molecular flexibility index (Phi) is 6.14. The summed E-state index contributed by atoms with van der Waals surface area (Å²) in [6.45, 7) is 15.2. The third-order valence-corrected chi connectivity index (χ3v) is 10.9. The molecule has 4 aliphatic carbocycles. The topological polar surface area (TPSA) is 0 Å². The first-order chi connectivity index (χ1) is 13.8. The van der Waals surface area contributed by atoms with E-state index in [1.807, 2.05) is 0 Å². The smallest absolute Gasteiger partial charge is 0.00445 e. The van der Waals surface area contributed by atoms with Crippen LogP contribution in [-0.2, 0) is 0 Å². The van der Waals surface area contributed by atoms with Crippen LogP contribution in [0.3, 0.4) is 0 Å². The van der Waals surface area contributed by atoms with E-state index in [0.29, 0.717) is 10.8 Å². The molecule has 0 aliphatic heterocycles. The van der Waals surface area contributed by atoms with E-state index in [9.17, 15) is 0 Å². The van der Waals surface area contributed by atoms with Crippen LogP contribution in [0.15, 0.2) is 23.8 Å². The molecule has 0 aromatic rings. The van der Waals surface area contributed by atoms with Gasteiger partial charge in [0.2, 0.25) is 0 Å². The van der Waals surface area contributed by atoms with Gasteiger partial charge in [-0.15, -0.1) is 0 Å². The van der Waals surface area contributed by atoms with Crippen LogP contribution in [0.1, 0.15) is 106 Å². The van der Waals surface area contributed by atoms with E-state index < -0.39 is 0 Å². The molecule has 0 heterocycles. The van der Waals surface area contributed by atoms with E-state index in [-0.39, 0.29) is 0 Å². The summed E-state index contributed by atoms with van der Waals surface area (Å²) in [5, 5.41) is 0. The van der Waals surface area contributed by atoms with E-state index in [2.05, 4.69) is 59.8 Å². The Morgan fingerprint density at radius 1 is 1.00 bits per heavy atom. The molecule has 0 unspecified atom stereocenters. The Balaban J connectivity index is 1.48. The van der Waals surface area contributed by atoms with E-state index in [4.69, 9.17) is 0 Å². The van der Waals surface area contributed by atoms with Gasteiger partial charge in [0.15, 0.2) is 0 Å². The molecule has 0 heteroatoms. The first-order valence-corrected chi connectivity index (χ1v) is 13.2. The zero-order valence-corrected chi connectivity index (χ0v) is 20.3. The Morgan fingerprint density at radius 2 is 1.79 bits per heavy atom. The molecular weight excluding hydrogens is 348 g/mol. The van der Waals surface area contributed by atoms with Crippen LogP contribution in [0.25, 0.3) is 0 Å². The van der Waals surface area contributed by atoms with Crippen molar-refractivity contribution in [3.8, 4) is 0 Å². The predicted molar refractivity (Wildman–Crippen MR) is 127 cm³/mol. The Hall–Kier alpha value is -0.520. The highest BCUT2D eigenvalue weighted by atomic mass is 14.6. The van der Waals surface area contributed by atoms with Crippen LogP contribution in [0.4, 0.5) is 0 Å². The number of fused-ring (bicyclic) bond motifs is 5. The van der Waals surface area contributed by atoms with Crippen molar-refractivity contribution in [3.05, 3.63) is 23.8 Å². The van der Waals surface area contributed by atoms with Crippen molar-refractivity contribution in [2.45, 2.75) is 106 Å². The van der Waals surface area contributed by atoms with E-state index in [0.717, 1.165) is 41.4 Å². The number of allylic oxidation sites excluding steroid dienone is 4. The van der Waals surface area contributed by atoms with Crippen LogP contribution in [0, 0.1) is 52.3 Å². The molecule has 0 saturated heterocycles. The minimum atomic E-state index is 0.480. The van der Waals surface area contributed by atoms with Gasteiger partial charge in [-0.1, -0.05) is 72.6 Å². The minimum Gasteiger partial charge on any atom is -0.0842 e. The van der Waals surface area contributed by atoms with Gasteiger partial charge in [-0.3, -0.25) is 0 Å². The highest BCUT2D eigenvalue weighted by Gasteiger charge is 2.58. The fraction of sp³-hybridized carbons (Fsp3) is 0.862. The lowest BCUT2D eigenvalue weighted by molar-refractivity contribution is -0.0454. The standard InChI is InChI=1S/C29H48/c1-7-22(20(2)3)12-11-21(4)25-15-16-26-24-14-13-23-10-8-9-18-28(23,5)27(24)17-19-29(25,26)6/h8,10,13,20-22,24-27H,7,9,11-12,14-19H2,1-6H3/t21-,22-,24+,25-,26+,27+,28+,29-/m1/s1. The van der Waals surface area contributed by atoms with Gasteiger partial charge in [-0.25, -0.2) is 0 Å².